The van der Waals surface area contributed by atoms with E-state index in [1.807, 2.05) is 0 Å². The molecular formula is C13H20O4. The summed E-state index contributed by atoms with van der Waals surface area (Å²) < 4.78 is 15.6. The van der Waals surface area contributed by atoms with E-state index in [4.69, 9.17) is 14.2 Å². The third-order valence-electron chi connectivity index (χ3n) is 1.67. The molecule has 0 rings (SSSR count). The lowest BCUT2D eigenvalue weighted by atomic mass is 10.3. The minimum Gasteiger partial charge on any atom is -0.492 e. The largest absolute Gasteiger partial charge is 0.492 e. The molecule has 0 spiro atoms. The molecule has 4 heteroatoms. The summed E-state index contributed by atoms with van der Waals surface area (Å²) in [5, 5.41) is 0. The second-order valence-electron chi connectivity index (χ2n) is 4.00. The monoisotopic (exact) mass is 240 g/mol. The number of hydrogen-bond donors (Lipinski definition) is 0. The van der Waals surface area contributed by atoms with Crippen molar-refractivity contribution in [2.45, 2.75) is 26.6 Å². The Hall–Kier alpha value is -1.55. The smallest absolute Gasteiger partial charge is 0.335 e. The van der Waals surface area contributed by atoms with Crippen molar-refractivity contribution in [3.8, 4) is 0 Å². The summed E-state index contributed by atoms with van der Waals surface area (Å²) in [5.41, 5.74) is 0.323. The van der Waals surface area contributed by atoms with Crippen LogP contribution in [0.1, 0.15) is 20.8 Å². The molecule has 0 radical (unpaired) electrons. The lowest BCUT2D eigenvalue weighted by molar-refractivity contribution is -0.211. The van der Waals surface area contributed by atoms with E-state index in [0.717, 1.165) is 0 Å². The molecule has 17 heavy (non-hydrogen) atoms. The molecule has 0 fully saturated rings. The highest BCUT2D eigenvalue weighted by molar-refractivity contribution is 5.87. The molecule has 0 heterocycles. The van der Waals surface area contributed by atoms with Gasteiger partial charge < -0.3 is 14.2 Å². The molecule has 0 N–H and O–H groups in total. The zero-order chi connectivity index (χ0) is 13.5. The highest BCUT2D eigenvalue weighted by Crippen LogP contribution is 2.14. The van der Waals surface area contributed by atoms with Gasteiger partial charge in [0, 0.05) is 19.4 Å². The van der Waals surface area contributed by atoms with Gasteiger partial charge in [0.05, 0.1) is 0 Å². The topological polar surface area (TPSA) is 44.8 Å². The van der Waals surface area contributed by atoms with Gasteiger partial charge in [-0.3, -0.25) is 0 Å². The minimum absolute atomic E-state index is 0.143. The fourth-order valence-corrected chi connectivity index (χ4v) is 0.813. The molecule has 0 atom stereocenters. The van der Waals surface area contributed by atoms with Gasteiger partial charge in [0.1, 0.15) is 19.0 Å². The normalized spacial score (nSPS) is 10.5. The Balaban J connectivity index is 4.08. The first-order chi connectivity index (χ1) is 7.78. The predicted octanol–water partition coefficient (Wildman–Crippen LogP) is 2.57. The molecule has 0 aliphatic heterocycles. The van der Waals surface area contributed by atoms with Crippen LogP contribution in [0, 0.1) is 0 Å². The third kappa shape index (κ3) is 7.36. The van der Waals surface area contributed by atoms with E-state index in [1.54, 1.807) is 26.8 Å². The lowest BCUT2D eigenvalue weighted by Crippen LogP contribution is -2.32. The molecule has 0 aromatic rings. The van der Waals surface area contributed by atoms with Crippen LogP contribution in [0.25, 0.3) is 0 Å². The third-order valence-corrected chi connectivity index (χ3v) is 1.67. The molecule has 0 aliphatic carbocycles. The zero-order valence-corrected chi connectivity index (χ0v) is 10.7. The van der Waals surface area contributed by atoms with Gasteiger partial charge in [-0.15, -0.1) is 0 Å². The second-order valence-corrected chi connectivity index (χ2v) is 4.00. The fourth-order valence-electron chi connectivity index (χ4n) is 0.813. The maximum atomic E-state index is 11.3. The number of carbonyl (C=O) groups is 1. The van der Waals surface area contributed by atoms with Crippen LogP contribution in [0.5, 0.6) is 0 Å². The summed E-state index contributed by atoms with van der Waals surface area (Å²) in [4.78, 5) is 11.3. The van der Waals surface area contributed by atoms with Gasteiger partial charge in [0.2, 0.25) is 5.79 Å². The van der Waals surface area contributed by atoms with E-state index in [0.29, 0.717) is 17.9 Å². The fraction of sp³-hybridized carbons (Fsp3) is 0.462. The quantitative estimate of drug-likeness (QED) is 0.215. The van der Waals surface area contributed by atoms with Crippen molar-refractivity contribution in [1.29, 1.82) is 0 Å². The number of hydrogen-bond acceptors (Lipinski definition) is 4. The summed E-state index contributed by atoms with van der Waals surface area (Å²) in [6.45, 7) is 16.0. The number of rotatable bonds is 8. The van der Waals surface area contributed by atoms with Crippen molar-refractivity contribution in [3.63, 3.8) is 0 Å². The van der Waals surface area contributed by atoms with Crippen LogP contribution in [-0.4, -0.2) is 25.0 Å². The molecule has 0 aliphatic rings. The van der Waals surface area contributed by atoms with E-state index < -0.39 is 11.8 Å². The van der Waals surface area contributed by atoms with Crippen LogP contribution >= 0.6 is 0 Å². The van der Waals surface area contributed by atoms with Gasteiger partial charge in [-0.1, -0.05) is 25.8 Å². The molecule has 0 aromatic carbocycles. The van der Waals surface area contributed by atoms with E-state index >= 15 is 0 Å². The van der Waals surface area contributed by atoms with Crippen molar-refractivity contribution in [2.24, 2.45) is 0 Å². The van der Waals surface area contributed by atoms with Crippen LogP contribution in [0.3, 0.4) is 0 Å². The molecule has 0 saturated carbocycles. The Labute approximate surface area is 103 Å². The number of carbonyl (C=O) groups excluding carboxylic acids is 1. The van der Waals surface area contributed by atoms with Crippen LogP contribution in [0.2, 0.25) is 0 Å². The average molecular weight is 240 g/mol. The summed E-state index contributed by atoms with van der Waals surface area (Å²) in [6.07, 6.45) is 1.61. The van der Waals surface area contributed by atoms with Gasteiger partial charge in [-0.2, -0.15) is 0 Å². The molecule has 0 bridgehead atoms. The van der Waals surface area contributed by atoms with Crippen molar-refractivity contribution in [3.05, 3.63) is 37.1 Å². The predicted molar refractivity (Wildman–Crippen MR) is 66.2 cm³/mol. The van der Waals surface area contributed by atoms with Crippen molar-refractivity contribution in [1.82, 2.24) is 0 Å². The first-order valence-electron chi connectivity index (χ1n) is 5.23. The van der Waals surface area contributed by atoms with Crippen molar-refractivity contribution in [2.75, 3.05) is 13.2 Å². The summed E-state index contributed by atoms with van der Waals surface area (Å²) in [7, 11) is 0. The van der Waals surface area contributed by atoms with E-state index in [-0.39, 0.29) is 6.61 Å². The molecular weight excluding hydrogens is 220 g/mol. The van der Waals surface area contributed by atoms with Crippen molar-refractivity contribution < 1.29 is 19.0 Å². The van der Waals surface area contributed by atoms with Gasteiger partial charge in [-0.25, -0.2) is 4.79 Å². The molecule has 0 amide bonds. The minimum atomic E-state index is -1.05. The van der Waals surface area contributed by atoms with Gasteiger partial charge in [-0.05, 0) is 6.92 Å². The maximum absolute atomic E-state index is 11.3. The molecule has 0 unspecified atom stereocenters. The SMILES string of the molecule is C=CCOC(=C)COC(C)(C)OC(=O)C(=C)C. The zero-order valence-electron chi connectivity index (χ0n) is 10.7. The van der Waals surface area contributed by atoms with E-state index in [1.165, 1.54) is 0 Å². The lowest BCUT2D eigenvalue weighted by Gasteiger charge is -2.25. The molecule has 96 valence electrons. The van der Waals surface area contributed by atoms with Gasteiger partial charge in [0.15, 0.2) is 0 Å². The standard InChI is InChI=1S/C13H20O4/c1-7-8-15-11(4)9-16-13(5,6)17-12(14)10(2)3/h7H,1-2,4,8-9H2,3,5-6H3. The maximum Gasteiger partial charge on any atom is 0.335 e. The molecule has 0 saturated heterocycles. The average Bonchev–Trinajstić information content (AvgIpc) is 2.23. The first-order valence-corrected chi connectivity index (χ1v) is 5.23. The second kappa shape index (κ2) is 6.91. The van der Waals surface area contributed by atoms with E-state index in [9.17, 15) is 4.79 Å². The van der Waals surface area contributed by atoms with Gasteiger partial charge >= 0.3 is 5.97 Å². The Kier molecular flexibility index (Phi) is 6.28. The summed E-state index contributed by atoms with van der Waals surface area (Å²) in [5.74, 6) is -1.09. The number of esters is 1. The van der Waals surface area contributed by atoms with Crippen LogP contribution < -0.4 is 0 Å². The van der Waals surface area contributed by atoms with E-state index in [2.05, 4.69) is 19.7 Å². The Morgan fingerprint density at radius 2 is 1.94 bits per heavy atom. The van der Waals surface area contributed by atoms with Crippen molar-refractivity contribution >= 4 is 5.97 Å². The first kappa shape index (κ1) is 15.4. The number of ether oxygens (including phenoxy) is 3. The summed E-state index contributed by atoms with van der Waals surface area (Å²) in [6, 6.07) is 0. The highest BCUT2D eigenvalue weighted by Gasteiger charge is 2.24. The van der Waals surface area contributed by atoms with Crippen LogP contribution in [0.15, 0.2) is 37.1 Å². The van der Waals surface area contributed by atoms with Crippen LogP contribution in [-0.2, 0) is 19.0 Å². The Morgan fingerprint density at radius 3 is 2.41 bits per heavy atom. The Morgan fingerprint density at radius 1 is 1.35 bits per heavy atom. The molecule has 0 aromatic heterocycles. The summed E-state index contributed by atoms with van der Waals surface area (Å²) >= 11 is 0. The van der Waals surface area contributed by atoms with Gasteiger partial charge in [0.25, 0.3) is 0 Å². The van der Waals surface area contributed by atoms with Crippen LogP contribution in [0.4, 0.5) is 0 Å². The molecule has 4 nitrogen and oxygen atoms in total. The highest BCUT2D eigenvalue weighted by atomic mass is 16.7. The Bertz CT molecular complexity index is 315.